The summed E-state index contributed by atoms with van der Waals surface area (Å²) in [6, 6.07) is 7.85. The molecule has 16 heavy (non-hydrogen) atoms. The highest BCUT2D eigenvalue weighted by atomic mass is 16.2. The Morgan fingerprint density at radius 2 is 2.19 bits per heavy atom. The smallest absolute Gasteiger partial charge is 0.254 e. The van der Waals surface area contributed by atoms with Gasteiger partial charge in [-0.05, 0) is 23.6 Å². The van der Waals surface area contributed by atoms with Crippen LogP contribution >= 0.6 is 0 Å². The van der Waals surface area contributed by atoms with E-state index in [1.165, 1.54) is 0 Å². The van der Waals surface area contributed by atoms with Crippen LogP contribution in [-0.2, 0) is 0 Å². The zero-order valence-electron chi connectivity index (χ0n) is 8.81. The van der Waals surface area contributed by atoms with E-state index in [-0.39, 0.29) is 11.9 Å². The van der Waals surface area contributed by atoms with Crippen molar-refractivity contribution in [2.45, 2.75) is 6.04 Å². The van der Waals surface area contributed by atoms with Gasteiger partial charge in [-0.3, -0.25) is 4.79 Å². The number of likely N-dealkylation sites (tertiary alicyclic amines) is 1. The first-order chi connectivity index (χ1) is 7.74. The summed E-state index contributed by atoms with van der Waals surface area (Å²) in [6.45, 7) is 1.34. The van der Waals surface area contributed by atoms with Gasteiger partial charge in [-0.25, -0.2) is 0 Å². The number of amides is 1. The lowest BCUT2D eigenvalue weighted by Gasteiger charge is -2.36. The fraction of sp³-hybridized carbons (Fsp3) is 0.250. The quantitative estimate of drug-likeness (QED) is 0.744. The average molecular weight is 215 g/mol. The number of nitrogens with zero attached hydrogens (tertiary/aromatic N) is 1. The third-order valence-electron chi connectivity index (χ3n) is 3.00. The highest BCUT2D eigenvalue weighted by Crippen LogP contribution is 2.17. The Labute approximate surface area is 93.0 Å². The fourth-order valence-electron chi connectivity index (χ4n) is 2.04. The number of carbonyl (C=O) groups is 1. The van der Waals surface area contributed by atoms with E-state index >= 15 is 0 Å². The normalized spacial score (nSPS) is 16.4. The van der Waals surface area contributed by atoms with Crippen molar-refractivity contribution in [3.05, 3.63) is 36.0 Å². The van der Waals surface area contributed by atoms with Gasteiger partial charge in [0.25, 0.3) is 5.91 Å². The van der Waals surface area contributed by atoms with Crippen molar-refractivity contribution in [3.8, 4) is 0 Å². The number of nitrogens with two attached hydrogens (primary N) is 1. The Morgan fingerprint density at radius 3 is 2.94 bits per heavy atom. The number of nitrogens with one attached hydrogen (secondary N) is 1. The van der Waals surface area contributed by atoms with Crippen molar-refractivity contribution in [1.29, 1.82) is 0 Å². The van der Waals surface area contributed by atoms with E-state index < -0.39 is 0 Å². The van der Waals surface area contributed by atoms with Crippen LogP contribution in [0.15, 0.2) is 30.5 Å². The van der Waals surface area contributed by atoms with Gasteiger partial charge in [0.1, 0.15) is 0 Å². The SMILES string of the molecule is NC1CN(C(=O)c2ccc3cc[nH]c3c2)C1. The average Bonchev–Trinajstić information content (AvgIpc) is 2.70. The third kappa shape index (κ3) is 1.39. The first-order valence-electron chi connectivity index (χ1n) is 5.36. The van der Waals surface area contributed by atoms with Crippen molar-refractivity contribution in [3.63, 3.8) is 0 Å². The predicted molar refractivity (Wildman–Crippen MR) is 62.2 cm³/mol. The molecule has 3 rings (SSSR count). The lowest BCUT2D eigenvalue weighted by molar-refractivity contribution is 0.0608. The van der Waals surface area contributed by atoms with Crippen LogP contribution in [0, 0.1) is 0 Å². The van der Waals surface area contributed by atoms with E-state index in [4.69, 9.17) is 5.73 Å². The Kier molecular flexibility index (Phi) is 1.97. The van der Waals surface area contributed by atoms with Crippen molar-refractivity contribution in [2.75, 3.05) is 13.1 Å². The summed E-state index contributed by atoms with van der Waals surface area (Å²) in [5.41, 5.74) is 7.38. The molecule has 0 unspecified atom stereocenters. The molecular formula is C12H13N3O. The van der Waals surface area contributed by atoms with Crippen molar-refractivity contribution in [1.82, 2.24) is 9.88 Å². The maximum absolute atomic E-state index is 12.0. The molecule has 0 aliphatic carbocycles. The van der Waals surface area contributed by atoms with Gasteiger partial charge in [-0.15, -0.1) is 0 Å². The van der Waals surface area contributed by atoms with E-state index in [2.05, 4.69) is 4.98 Å². The number of carbonyl (C=O) groups excluding carboxylic acids is 1. The number of hydrogen-bond donors (Lipinski definition) is 2. The number of hydrogen-bond acceptors (Lipinski definition) is 2. The number of aromatic nitrogens is 1. The van der Waals surface area contributed by atoms with Gasteiger partial charge in [-0.1, -0.05) is 6.07 Å². The van der Waals surface area contributed by atoms with Crippen molar-refractivity contribution < 1.29 is 4.79 Å². The molecule has 1 aromatic heterocycles. The van der Waals surface area contributed by atoms with Gasteiger partial charge < -0.3 is 15.6 Å². The number of benzene rings is 1. The van der Waals surface area contributed by atoms with E-state index in [0.29, 0.717) is 13.1 Å². The number of rotatable bonds is 1. The maximum atomic E-state index is 12.0. The second-order valence-electron chi connectivity index (χ2n) is 4.25. The van der Waals surface area contributed by atoms with E-state index in [0.717, 1.165) is 16.5 Å². The Morgan fingerprint density at radius 1 is 1.38 bits per heavy atom. The zero-order chi connectivity index (χ0) is 11.1. The minimum absolute atomic E-state index is 0.0678. The third-order valence-corrected chi connectivity index (χ3v) is 3.00. The van der Waals surface area contributed by atoms with Gasteiger partial charge in [0.2, 0.25) is 0 Å². The highest BCUT2D eigenvalue weighted by Gasteiger charge is 2.28. The molecule has 0 bridgehead atoms. The van der Waals surface area contributed by atoms with Crippen molar-refractivity contribution in [2.24, 2.45) is 5.73 Å². The zero-order valence-corrected chi connectivity index (χ0v) is 8.81. The largest absolute Gasteiger partial charge is 0.361 e. The summed E-state index contributed by atoms with van der Waals surface area (Å²) in [5, 5.41) is 1.12. The maximum Gasteiger partial charge on any atom is 0.254 e. The molecule has 2 aromatic rings. The molecule has 1 aliphatic heterocycles. The van der Waals surface area contributed by atoms with Crippen molar-refractivity contribution >= 4 is 16.8 Å². The van der Waals surface area contributed by atoms with Crippen LogP contribution in [0.5, 0.6) is 0 Å². The molecule has 3 N–H and O–H groups in total. The minimum Gasteiger partial charge on any atom is -0.361 e. The van der Waals surface area contributed by atoms with Crippen LogP contribution in [0.4, 0.5) is 0 Å². The molecule has 1 saturated heterocycles. The first kappa shape index (κ1) is 9.42. The van der Waals surface area contributed by atoms with Crippen LogP contribution in [0.25, 0.3) is 10.9 Å². The lowest BCUT2D eigenvalue weighted by Crippen LogP contribution is -2.57. The highest BCUT2D eigenvalue weighted by molar-refractivity contribution is 5.98. The second kappa shape index (κ2) is 3.35. The Bertz CT molecular complexity index is 540. The van der Waals surface area contributed by atoms with Crippen LogP contribution < -0.4 is 5.73 Å². The second-order valence-corrected chi connectivity index (χ2v) is 4.25. The summed E-state index contributed by atoms with van der Waals surface area (Å²) in [6.07, 6.45) is 1.87. The summed E-state index contributed by atoms with van der Waals surface area (Å²) in [4.78, 5) is 16.9. The number of fused-ring (bicyclic) bond motifs is 1. The molecular weight excluding hydrogens is 202 g/mol. The summed E-state index contributed by atoms with van der Waals surface area (Å²) in [5.74, 6) is 0.0678. The monoisotopic (exact) mass is 215 g/mol. The number of H-pyrrole nitrogens is 1. The van der Waals surface area contributed by atoms with Gasteiger partial charge in [0.05, 0.1) is 0 Å². The molecule has 1 amide bonds. The molecule has 0 atom stereocenters. The molecule has 1 aromatic carbocycles. The Balaban J connectivity index is 1.90. The summed E-state index contributed by atoms with van der Waals surface area (Å²) in [7, 11) is 0. The molecule has 0 spiro atoms. The van der Waals surface area contributed by atoms with Gasteiger partial charge >= 0.3 is 0 Å². The molecule has 4 heteroatoms. The molecule has 0 radical (unpaired) electrons. The van der Waals surface area contributed by atoms with Crippen LogP contribution in [-0.4, -0.2) is 34.9 Å². The molecule has 1 aliphatic rings. The predicted octanol–water partition coefficient (Wildman–Crippen LogP) is 0.951. The first-order valence-corrected chi connectivity index (χ1v) is 5.36. The van der Waals surface area contributed by atoms with Gasteiger partial charge in [-0.2, -0.15) is 0 Å². The van der Waals surface area contributed by atoms with Gasteiger partial charge in [0.15, 0.2) is 0 Å². The summed E-state index contributed by atoms with van der Waals surface area (Å²) >= 11 is 0. The standard InChI is InChI=1S/C12H13N3O/c13-10-6-15(7-10)12(16)9-2-1-8-3-4-14-11(8)5-9/h1-5,10,14H,6-7,13H2. The van der Waals surface area contributed by atoms with Crippen LogP contribution in [0.3, 0.4) is 0 Å². The minimum atomic E-state index is 0.0678. The van der Waals surface area contributed by atoms with E-state index in [1.807, 2.05) is 30.5 Å². The molecule has 82 valence electrons. The van der Waals surface area contributed by atoms with Gasteiger partial charge in [0, 0.05) is 36.4 Å². The molecule has 1 fully saturated rings. The molecule has 2 heterocycles. The Hall–Kier alpha value is -1.81. The van der Waals surface area contributed by atoms with Crippen LogP contribution in [0.1, 0.15) is 10.4 Å². The van der Waals surface area contributed by atoms with E-state index in [1.54, 1.807) is 4.90 Å². The topological polar surface area (TPSA) is 62.1 Å². The summed E-state index contributed by atoms with van der Waals surface area (Å²) < 4.78 is 0. The fourth-order valence-corrected chi connectivity index (χ4v) is 2.04. The number of aromatic amines is 1. The van der Waals surface area contributed by atoms with Crippen LogP contribution in [0.2, 0.25) is 0 Å². The molecule has 4 nitrogen and oxygen atoms in total. The van der Waals surface area contributed by atoms with E-state index in [9.17, 15) is 4.79 Å². The lowest BCUT2D eigenvalue weighted by atomic mass is 10.1. The molecule has 0 saturated carbocycles.